The average Bonchev–Trinajstić information content (AvgIpc) is 2.45. The van der Waals surface area contributed by atoms with Crippen molar-refractivity contribution in [3.8, 4) is 0 Å². The molecule has 0 aromatic rings. The molecule has 0 atom stereocenters. The highest BCUT2D eigenvalue weighted by Gasteiger charge is 2.92. The van der Waals surface area contributed by atoms with Gasteiger partial charge in [-0.1, -0.05) is 12.8 Å². The van der Waals surface area contributed by atoms with Crippen LogP contribution in [0.25, 0.3) is 0 Å². The summed E-state index contributed by atoms with van der Waals surface area (Å²) in [6, 6.07) is 0. The lowest BCUT2D eigenvalue weighted by Gasteiger charge is -2.44. The quantitative estimate of drug-likeness (QED) is 0.196. The second-order valence-corrected chi connectivity index (χ2v) is 6.08. The average molecular weight is 469 g/mol. The number of halogens is 14. The van der Waals surface area contributed by atoms with Crippen LogP contribution in [0.3, 0.4) is 0 Å². The number of hydrogen-bond donors (Lipinski definition) is 0. The molecule has 0 rings (SSSR count). The maximum atomic E-state index is 13.7. The van der Waals surface area contributed by atoms with Gasteiger partial charge in [0.05, 0.1) is 6.61 Å². The monoisotopic (exact) mass is 468 g/mol. The first-order valence-electron chi connectivity index (χ1n) is 7.40. The summed E-state index contributed by atoms with van der Waals surface area (Å²) >= 11 is 5.30. The fourth-order valence-corrected chi connectivity index (χ4v) is 2.28. The number of unbranched alkanes of at least 4 members (excludes halogenated alkanes) is 3. The Balaban J connectivity index is 5.96. The summed E-state index contributed by atoms with van der Waals surface area (Å²) in [5.74, 6) is -15.1. The number of ether oxygens (including phenoxy) is 1. The Labute approximate surface area is 155 Å². The smallest absolute Gasteiger partial charge is 0.380 e. The minimum atomic E-state index is -7.65. The predicted octanol–water partition coefficient (Wildman–Crippen LogP) is 6.75. The zero-order chi connectivity index (χ0) is 22.7. The molecule has 0 aromatic heterocycles. The molecule has 0 saturated heterocycles. The molecule has 28 heavy (non-hydrogen) atoms. The van der Waals surface area contributed by atoms with E-state index < -0.39 is 49.0 Å². The minimum absolute atomic E-state index is 0.132. The molecule has 0 saturated carbocycles. The van der Waals surface area contributed by atoms with Crippen LogP contribution in [-0.2, 0) is 4.74 Å². The van der Waals surface area contributed by atoms with Gasteiger partial charge in [-0.15, -0.1) is 11.6 Å². The fraction of sp³-hybridized carbons (Fsp3) is 1.00. The zero-order valence-electron chi connectivity index (χ0n) is 13.6. The molecular weight excluding hydrogens is 455 g/mol. The van der Waals surface area contributed by atoms with Crippen molar-refractivity contribution in [2.45, 2.75) is 56.1 Å². The number of hydrogen-bond acceptors (Lipinski definition) is 1. The number of rotatable bonds is 10. The highest BCUT2D eigenvalue weighted by molar-refractivity contribution is 6.17. The molecular formula is C13H14ClF13O. The molecule has 0 amide bonds. The van der Waals surface area contributed by atoms with Crippen LogP contribution in [0.1, 0.15) is 25.7 Å². The number of alkyl halides is 14. The largest absolute Gasteiger partial charge is 0.459 e. The van der Waals surface area contributed by atoms with Crippen LogP contribution in [0.4, 0.5) is 57.1 Å². The maximum Gasteiger partial charge on any atom is 0.459 e. The van der Waals surface area contributed by atoms with Gasteiger partial charge < -0.3 is 4.74 Å². The summed E-state index contributed by atoms with van der Waals surface area (Å²) in [7, 11) is 0. The van der Waals surface area contributed by atoms with Crippen molar-refractivity contribution in [2.75, 3.05) is 19.1 Å². The fourth-order valence-electron chi connectivity index (χ4n) is 2.09. The van der Waals surface area contributed by atoms with Crippen molar-refractivity contribution in [3.63, 3.8) is 0 Å². The van der Waals surface area contributed by atoms with Crippen LogP contribution in [-0.4, -0.2) is 49.5 Å². The standard InChI is InChI=1S/C13H14ClF13O/c14-5-3-1-2-4-6-28-7-8(11(19,20)21,12(22,23)24)9(15,16)10(17,18)13(25,26)27/h1-7H2. The molecule has 0 bridgehead atoms. The summed E-state index contributed by atoms with van der Waals surface area (Å²) in [4.78, 5) is 0. The lowest BCUT2D eigenvalue weighted by atomic mass is 9.76. The van der Waals surface area contributed by atoms with Crippen LogP contribution in [0.5, 0.6) is 0 Å². The van der Waals surface area contributed by atoms with E-state index in [0.717, 1.165) is 0 Å². The first-order chi connectivity index (χ1) is 12.3. The third kappa shape index (κ3) is 5.08. The van der Waals surface area contributed by atoms with E-state index in [1.165, 1.54) is 0 Å². The Morgan fingerprint density at radius 1 is 0.536 bits per heavy atom. The lowest BCUT2D eigenvalue weighted by Crippen LogP contribution is -2.71. The molecule has 0 aliphatic rings. The maximum absolute atomic E-state index is 13.7. The van der Waals surface area contributed by atoms with Gasteiger partial charge in [0, 0.05) is 12.5 Å². The van der Waals surface area contributed by atoms with Gasteiger partial charge in [-0.25, -0.2) is 0 Å². The SMILES string of the molecule is FC(F)(F)C(F)(F)C(F)(F)C(COCCCCCCCl)(C(F)(F)F)C(F)(F)F. The van der Waals surface area contributed by atoms with Gasteiger partial charge in [0.25, 0.3) is 5.41 Å². The van der Waals surface area contributed by atoms with Gasteiger partial charge in [-0.05, 0) is 12.8 Å². The Morgan fingerprint density at radius 3 is 1.32 bits per heavy atom. The molecule has 0 heterocycles. The molecule has 170 valence electrons. The van der Waals surface area contributed by atoms with E-state index in [-0.39, 0.29) is 18.7 Å². The molecule has 0 radical (unpaired) electrons. The molecule has 0 aliphatic heterocycles. The van der Waals surface area contributed by atoms with E-state index in [2.05, 4.69) is 4.74 Å². The van der Waals surface area contributed by atoms with Gasteiger partial charge in [-0.2, -0.15) is 57.1 Å². The van der Waals surface area contributed by atoms with Gasteiger partial charge in [0.1, 0.15) is 0 Å². The topological polar surface area (TPSA) is 9.23 Å². The van der Waals surface area contributed by atoms with Crippen LogP contribution in [0.15, 0.2) is 0 Å². The predicted molar refractivity (Wildman–Crippen MR) is 70.5 cm³/mol. The highest BCUT2D eigenvalue weighted by atomic mass is 35.5. The minimum Gasteiger partial charge on any atom is -0.380 e. The van der Waals surface area contributed by atoms with Crippen LogP contribution in [0.2, 0.25) is 0 Å². The van der Waals surface area contributed by atoms with E-state index >= 15 is 0 Å². The van der Waals surface area contributed by atoms with E-state index in [4.69, 9.17) is 11.6 Å². The van der Waals surface area contributed by atoms with Crippen molar-refractivity contribution < 1.29 is 61.8 Å². The normalized spacial score (nSPS) is 15.2. The van der Waals surface area contributed by atoms with Gasteiger partial charge in [0.15, 0.2) is 0 Å². The van der Waals surface area contributed by atoms with Crippen molar-refractivity contribution in [2.24, 2.45) is 5.41 Å². The summed E-state index contributed by atoms with van der Waals surface area (Å²) in [6.07, 6.45) is -21.3. The van der Waals surface area contributed by atoms with Gasteiger partial charge in [0.2, 0.25) is 0 Å². The van der Waals surface area contributed by atoms with Crippen molar-refractivity contribution >= 4 is 11.6 Å². The second kappa shape index (κ2) is 9.00. The Morgan fingerprint density at radius 2 is 0.964 bits per heavy atom. The summed E-state index contributed by atoms with van der Waals surface area (Å²) in [5, 5.41) is 0. The van der Waals surface area contributed by atoms with Crippen molar-refractivity contribution in [1.29, 1.82) is 0 Å². The first-order valence-corrected chi connectivity index (χ1v) is 7.94. The highest BCUT2D eigenvalue weighted by Crippen LogP contribution is 2.65. The summed E-state index contributed by atoms with van der Waals surface area (Å²) < 4.78 is 172. The molecule has 0 unspecified atom stereocenters. The summed E-state index contributed by atoms with van der Waals surface area (Å²) in [6.45, 7) is -4.18. The van der Waals surface area contributed by atoms with Crippen LogP contribution < -0.4 is 0 Å². The van der Waals surface area contributed by atoms with E-state index in [1.807, 2.05) is 0 Å². The lowest BCUT2D eigenvalue weighted by molar-refractivity contribution is -0.465. The molecule has 0 spiro atoms. The van der Waals surface area contributed by atoms with E-state index in [1.54, 1.807) is 0 Å². The van der Waals surface area contributed by atoms with E-state index in [0.29, 0.717) is 12.8 Å². The molecule has 0 aromatic carbocycles. The third-order valence-electron chi connectivity index (χ3n) is 3.75. The Kier molecular flexibility index (Phi) is 8.79. The Bertz CT molecular complexity index is 466. The molecule has 15 heteroatoms. The van der Waals surface area contributed by atoms with Crippen molar-refractivity contribution in [3.05, 3.63) is 0 Å². The first kappa shape index (κ1) is 27.3. The van der Waals surface area contributed by atoms with Gasteiger partial charge in [-0.3, -0.25) is 0 Å². The van der Waals surface area contributed by atoms with Crippen LogP contribution >= 0.6 is 11.6 Å². The summed E-state index contributed by atoms with van der Waals surface area (Å²) in [5.41, 5.74) is -6.79. The van der Waals surface area contributed by atoms with Crippen molar-refractivity contribution in [1.82, 2.24) is 0 Å². The molecule has 0 N–H and O–H groups in total. The van der Waals surface area contributed by atoms with Gasteiger partial charge >= 0.3 is 30.4 Å². The zero-order valence-corrected chi connectivity index (χ0v) is 14.4. The molecule has 1 nitrogen and oxygen atoms in total. The second-order valence-electron chi connectivity index (χ2n) is 5.70. The Hall–Kier alpha value is -0.660. The van der Waals surface area contributed by atoms with Crippen LogP contribution in [0, 0.1) is 5.41 Å². The molecule has 0 fully saturated rings. The van der Waals surface area contributed by atoms with E-state index in [9.17, 15) is 57.1 Å². The third-order valence-corrected chi connectivity index (χ3v) is 4.01. The molecule has 0 aliphatic carbocycles.